The van der Waals surface area contributed by atoms with Gasteiger partial charge in [0.2, 0.25) is 10.0 Å². The summed E-state index contributed by atoms with van der Waals surface area (Å²) in [5, 5.41) is 4.79. The van der Waals surface area contributed by atoms with Gasteiger partial charge in [-0.2, -0.15) is 9.40 Å². The lowest BCUT2D eigenvalue weighted by Crippen LogP contribution is -2.61. The molecule has 1 aliphatic heterocycles. The molecule has 2 aromatic rings. The van der Waals surface area contributed by atoms with E-state index in [4.69, 9.17) is 11.6 Å². The molecule has 136 valence electrons. The highest BCUT2D eigenvalue weighted by Gasteiger charge is 2.42. The first-order chi connectivity index (χ1) is 11.7. The number of anilines is 1. The Morgan fingerprint density at radius 1 is 1.20 bits per heavy atom. The van der Waals surface area contributed by atoms with Gasteiger partial charge in [0.25, 0.3) is 0 Å². The Morgan fingerprint density at radius 3 is 2.44 bits per heavy atom. The lowest BCUT2D eigenvalue weighted by Gasteiger charge is -2.46. The number of nitrogens with zero attached hydrogens (tertiary/aromatic N) is 4. The summed E-state index contributed by atoms with van der Waals surface area (Å²) in [4.78, 5) is 2.44. The molecule has 0 saturated carbocycles. The van der Waals surface area contributed by atoms with Crippen LogP contribution in [-0.4, -0.2) is 47.7 Å². The van der Waals surface area contributed by atoms with Crippen LogP contribution in [0.5, 0.6) is 0 Å². The van der Waals surface area contributed by atoms with Gasteiger partial charge in [-0.3, -0.25) is 4.68 Å². The predicted molar refractivity (Wildman–Crippen MR) is 99.5 cm³/mol. The quantitative estimate of drug-likeness (QED) is 0.815. The molecule has 0 amide bonds. The van der Waals surface area contributed by atoms with Crippen molar-refractivity contribution >= 4 is 27.3 Å². The van der Waals surface area contributed by atoms with Crippen LogP contribution in [0.4, 0.5) is 5.69 Å². The van der Waals surface area contributed by atoms with Crippen molar-refractivity contribution in [1.29, 1.82) is 0 Å². The zero-order valence-corrected chi connectivity index (χ0v) is 16.3. The Balaban J connectivity index is 1.84. The average molecular weight is 383 g/mol. The third-order valence-electron chi connectivity index (χ3n) is 4.54. The van der Waals surface area contributed by atoms with E-state index in [2.05, 4.69) is 10.00 Å². The molecule has 0 radical (unpaired) electrons. The van der Waals surface area contributed by atoms with Crippen LogP contribution >= 0.6 is 11.6 Å². The zero-order chi connectivity index (χ0) is 18.2. The van der Waals surface area contributed by atoms with Crippen molar-refractivity contribution in [3.05, 3.63) is 41.7 Å². The lowest BCUT2D eigenvalue weighted by atomic mass is 10.0. The maximum Gasteiger partial charge on any atom is 0.246 e. The maximum atomic E-state index is 13.1. The second-order valence-electron chi connectivity index (χ2n) is 6.82. The molecule has 1 aromatic carbocycles. The van der Waals surface area contributed by atoms with Crippen LogP contribution in [0.25, 0.3) is 0 Å². The summed E-state index contributed by atoms with van der Waals surface area (Å²) in [6.07, 6.45) is 3.03. The van der Waals surface area contributed by atoms with E-state index in [1.165, 1.54) is 6.20 Å². The van der Waals surface area contributed by atoms with Gasteiger partial charge in [0, 0.05) is 48.6 Å². The first-order valence-corrected chi connectivity index (χ1v) is 10.1. The molecule has 1 fully saturated rings. The average Bonchev–Trinajstić information content (AvgIpc) is 3.04. The third kappa shape index (κ3) is 3.54. The normalized spacial score (nSPS) is 18.5. The largest absolute Gasteiger partial charge is 0.368 e. The number of benzene rings is 1. The van der Waals surface area contributed by atoms with Gasteiger partial charge >= 0.3 is 0 Å². The summed E-state index contributed by atoms with van der Waals surface area (Å²) in [6.45, 7) is 8.15. The molecule has 0 atom stereocenters. The lowest BCUT2D eigenvalue weighted by molar-refractivity contribution is 0.205. The first-order valence-electron chi connectivity index (χ1n) is 8.30. The number of halogens is 1. The minimum atomic E-state index is -3.57. The summed E-state index contributed by atoms with van der Waals surface area (Å²) < 4.78 is 29.3. The first kappa shape index (κ1) is 18.2. The molecule has 1 aromatic heterocycles. The van der Waals surface area contributed by atoms with Gasteiger partial charge in [-0.05, 0) is 45.0 Å². The van der Waals surface area contributed by atoms with E-state index in [1.54, 1.807) is 15.2 Å². The van der Waals surface area contributed by atoms with Gasteiger partial charge in [0.15, 0.2) is 0 Å². The van der Waals surface area contributed by atoms with E-state index in [1.807, 2.05) is 45.0 Å². The summed E-state index contributed by atoms with van der Waals surface area (Å²) in [5.74, 6) is 0. The second-order valence-corrected chi connectivity index (χ2v) is 9.12. The molecule has 0 bridgehead atoms. The number of aryl methyl sites for hydroxylation is 1. The number of aromatic nitrogens is 2. The molecule has 0 spiro atoms. The zero-order valence-electron chi connectivity index (χ0n) is 14.7. The van der Waals surface area contributed by atoms with Crippen molar-refractivity contribution in [2.45, 2.75) is 37.8 Å². The summed E-state index contributed by atoms with van der Waals surface area (Å²) in [5.41, 5.74) is 0.513. The summed E-state index contributed by atoms with van der Waals surface area (Å²) >= 11 is 5.96. The summed E-state index contributed by atoms with van der Waals surface area (Å²) in [6, 6.07) is 7.64. The molecule has 6 nitrogen and oxygen atoms in total. The minimum Gasteiger partial charge on any atom is -0.368 e. The van der Waals surface area contributed by atoms with E-state index < -0.39 is 15.6 Å². The number of hydrogen-bond acceptors (Lipinski definition) is 4. The van der Waals surface area contributed by atoms with Crippen molar-refractivity contribution in [3.8, 4) is 0 Å². The molecule has 1 saturated heterocycles. The van der Waals surface area contributed by atoms with Crippen LogP contribution in [0.3, 0.4) is 0 Å². The highest BCUT2D eigenvalue weighted by atomic mass is 35.5. The molecule has 25 heavy (non-hydrogen) atoms. The fourth-order valence-corrected chi connectivity index (χ4v) is 5.08. The Labute approximate surface area is 154 Å². The van der Waals surface area contributed by atoms with Gasteiger partial charge in [0.1, 0.15) is 4.90 Å². The molecular formula is C17H23ClN4O2S. The Bertz CT molecular complexity index is 846. The van der Waals surface area contributed by atoms with Gasteiger partial charge in [-0.15, -0.1) is 0 Å². The van der Waals surface area contributed by atoms with E-state index in [-0.39, 0.29) is 4.90 Å². The second kappa shape index (κ2) is 6.63. The van der Waals surface area contributed by atoms with Crippen LogP contribution in [0.2, 0.25) is 5.02 Å². The molecule has 8 heteroatoms. The molecular weight excluding hydrogens is 360 g/mol. The molecule has 1 aliphatic rings. The fourth-order valence-electron chi connectivity index (χ4n) is 3.24. The summed E-state index contributed by atoms with van der Waals surface area (Å²) in [7, 11) is -3.57. The molecule has 3 rings (SSSR count). The third-order valence-corrected chi connectivity index (χ3v) is 6.85. The number of piperazine rings is 1. The Kier molecular flexibility index (Phi) is 4.83. The Hall–Kier alpha value is -1.57. The highest BCUT2D eigenvalue weighted by molar-refractivity contribution is 7.89. The number of sulfonamides is 1. The van der Waals surface area contributed by atoms with Crippen molar-refractivity contribution in [1.82, 2.24) is 14.1 Å². The van der Waals surface area contributed by atoms with E-state index in [0.717, 1.165) is 5.69 Å². The minimum absolute atomic E-state index is 0.252. The van der Waals surface area contributed by atoms with Gasteiger partial charge in [0.05, 0.1) is 6.20 Å². The number of hydrogen-bond donors (Lipinski definition) is 0. The van der Waals surface area contributed by atoms with Crippen molar-refractivity contribution in [3.63, 3.8) is 0 Å². The smallest absolute Gasteiger partial charge is 0.246 e. The molecule has 0 N–H and O–H groups in total. The number of rotatable bonds is 4. The van der Waals surface area contributed by atoms with Crippen molar-refractivity contribution in [2.75, 3.05) is 24.5 Å². The molecule has 2 heterocycles. The van der Waals surface area contributed by atoms with Gasteiger partial charge in [-0.25, -0.2) is 8.42 Å². The van der Waals surface area contributed by atoms with Crippen molar-refractivity contribution < 1.29 is 8.42 Å². The van der Waals surface area contributed by atoms with E-state index >= 15 is 0 Å². The SMILES string of the molecule is CCn1cc(S(=O)(=O)N2CCN(c3ccc(Cl)cc3)CC2(C)C)cn1. The van der Waals surface area contributed by atoms with Crippen molar-refractivity contribution in [2.24, 2.45) is 0 Å². The monoisotopic (exact) mass is 382 g/mol. The van der Waals surface area contributed by atoms with Gasteiger partial charge in [-0.1, -0.05) is 11.6 Å². The van der Waals surface area contributed by atoms with Crippen LogP contribution in [0.15, 0.2) is 41.6 Å². The highest BCUT2D eigenvalue weighted by Crippen LogP contribution is 2.31. The topological polar surface area (TPSA) is 58.4 Å². The molecule has 0 unspecified atom stereocenters. The van der Waals surface area contributed by atoms with Crippen LogP contribution in [0.1, 0.15) is 20.8 Å². The fraction of sp³-hybridized carbons (Fsp3) is 0.471. The Morgan fingerprint density at radius 2 is 1.88 bits per heavy atom. The predicted octanol–water partition coefficient (Wildman–Crippen LogP) is 2.85. The van der Waals surface area contributed by atoms with Crippen LogP contribution < -0.4 is 4.90 Å². The van der Waals surface area contributed by atoms with Crippen LogP contribution in [-0.2, 0) is 16.6 Å². The standard InChI is InChI=1S/C17H23ClN4O2S/c1-4-21-12-16(11-19-21)25(23,24)22-10-9-20(13-17(22,2)3)15-7-5-14(18)6-8-15/h5-8,11-12H,4,9-10,13H2,1-3H3. The van der Waals surface area contributed by atoms with Gasteiger partial charge < -0.3 is 4.90 Å². The van der Waals surface area contributed by atoms with E-state index in [9.17, 15) is 8.42 Å². The van der Waals surface area contributed by atoms with E-state index in [0.29, 0.717) is 31.2 Å². The van der Waals surface area contributed by atoms with Crippen LogP contribution in [0, 0.1) is 0 Å². The molecule has 0 aliphatic carbocycles. The maximum absolute atomic E-state index is 13.1.